The highest BCUT2D eigenvalue weighted by molar-refractivity contribution is 5.71. The van der Waals surface area contributed by atoms with Crippen molar-refractivity contribution in [1.29, 1.82) is 0 Å². The molecule has 32 heavy (non-hydrogen) atoms. The number of aliphatic carboxylic acids is 1. The Hall–Kier alpha value is -1.58. The lowest BCUT2D eigenvalue weighted by atomic mass is 10.0. The third-order valence-corrected chi connectivity index (χ3v) is 5.67. The summed E-state index contributed by atoms with van der Waals surface area (Å²) in [4.78, 5) is 21.7. The normalized spacial score (nSPS) is 11.2. The van der Waals surface area contributed by atoms with Crippen molar-refractivity contribution in [2.45, 2.75) is 136 Å². The van der Waals surface area contributed by atoms with Crippen molar-refractivity contribution >= 4 is 11.9 Å². The van der Waals surface area contributed by atoms with Crippen molar-refractivity contribution < 1.29 is 19.4 Å². The van der Waals surface area contributed by atoms with Crippen LogP contribution in [0, 0.1) is 5.92 Å². The van der Waals surface area contributed by atoms with Crippen molar-refractivity contribution in [3.8, 4) is 0 Å². The van der Waals surface area contributed by atoms with Gasteiger partial charge in [0.2, 0.25) is 0 Å². The predicted molar refractivity (Wildman–Crippen MR) is 137 cm³/mol. The lowest BCUT2D eigenvalue weighted by Crippen LogP contribution is -2.10. The molecule has 1 N–H and O–H groups in total. The van der Waals surface area contributed by atoms with Gasteiger partial charge in [-0.05, 0) is 12.8 Å². The first-order valence-electron chi connectivity index (χ1n) is 13.2. The van der Waals surface area contributed by atoms with Gasteiger partial charge in [0.25, 0.3) is 0 Å². The van der Waals surface area contributed by atoms with Gasteiger partial charge in [0.15, 0.2) is 0 Å². The summed E-state index contributed by atoms with van der Waals surface area (Å²) in [5, 5.41) is 8.80. The standard InChI is InChI=1S/2C14H26O2/c1-3-5-6-7-8-9-10-11-12-13-14(15)16-4-2;1-3-5-6-7-8-9-10-11-12-13(4-2)14(15)16/h4H,2-3,5-13H2,1H3;4,13H,2-3,5-12H2,1H3,(H,15,16). The molecule has 0 aliphatic rings. The molecule has 0 aromatic rings. The van der Waals surface area contributed by atoms with Crippen LogP contribution in [0.2, 0.25) is 0 Å². The van der Waals surface area contributed by atoms with Crippen molar-refractivity contribution in [3.63, 3.8) is 0 Å². The molecule has 0 aliphatic carbocycles. The number of ether oxygens (including phenoxy) is 1. The zero-order valence-electron chi connectivity index (χ0n) is 21.3. The van der Waals surface area contributed by atoms with Crippen molar-refractivity contribution in [2.24, 2.45) is 5.92 Å². The molecule has 0 rings (SSSR count). The smallest absolute Gasteiger partial charge is 0.310 e. The number of rotatable bonds is 22. The first-order valence-corrected chi connectivity index (χ1v) is 13.2. The molecule has 0 amide bonds. The maximum atomic E-state index is 11.0. The first kappa shape index (κ1) is 32.6. The van der Waals surface area contributed by atoms with Crippen LogP contribution in [0.4, 0.5) is 0 Å². The highest BCUT2D eigenvalue weighted by atomic mass is 16.5. The van der Waals surface area contributed by atoms with E-state index in [2.05, 4.69) is 31.7 Å². The molecule has 0 heterocycles. The second kappa shape index (κ2) is 27.5. The average molecular weight is 453 g/mol. The van der Waals surface area contributed by atoms with Gasteiger partial charge in [-0.15, -0.1) is 6.58 Å². The molecule has 0 fully saturated rings. The van der Waals surface area contributed by atoms with E-state index < -0.39 is 5.97 Å². The zero-order chi connectivity index (χ0) is 24.3. The minimum Gasteiger partial charge on any atom is -0.481 e. The van der Waals surface area contributed by atoms with Crippen molar-refractivity contribution in [3.05, 3.63) is 25.5 Å². The van der Waals surface area contributed by atoms with Crippen LogP contribution in [0.1, 0.15) is 136 Å². The minimum atomic E-state index is -0.738. The Morgan fingerprint density at radius 1 is 0.719 bits per heavy atom. The van der Waals surface area contributed by atoms with E-state index in [1.807, 2.05) is 0 Å². The molecule has 4 nitrogen and oxygen atoms in total. The highest BCUT2D eigenvalue weighted by Gasteiger charge is 2.11. The van der Waals surface area contributed by atoms with Crippen molar-refractivity contribution in [1.82, 2.24) is 0 Å². The Labute approximate surface area is 198 Å². The molecule has 0 saturated heterocycles. The lowest BCUT2D eigenvalue weighted by molar-refractivity contribution is -0.140. The SMILES string of the molecule is C=CC(CCCCCCCCCC)C(=O)O.C=COC(=O)CCCCCCCCCCC. The van der Waals surface area contributed by atoms with Gasteiger partial charge in [0, 0.05) is 6.42 Å². The van der Waals surface area contributed by atoms with E-state index in [0.29, 0.717) is 6.42 Å². The maximum Gasteiger partial charge on any atom is 0.310 e. The van der Waals surface area contributed by atoms with E-state index >= 15 is 0 Å². The summed E-state index contributed by atoms with van der Waals surface area (Å²) in [7, 11) is 0. The number of carbonyl (C=O) groups is 2. The predicted octanol–water partition coefficient (Wildman–Crippen LogP) is 9.00. The largest absolute Gasteiger partial charge is 0.481 e. The van der Waals surface area contributed by atoms with E-state index in [4.69, 9.17) is 5.11 Å². The molecule has 0 aromatic carbocycles. The summed E-state index contributed by atoms with van der Waals surface area (Å²) in [6.45, 7) is 11.4. The monoisotopic (exact) mass is 452 g/mol. The van der Waals surface area contributed by atoms with Crippen LogP contribution >= 0.6 is 0 Å². The molecule has 1 unspecified atom stereocenters. The molecule has 0 aliphatic heterocycles. The summed E-state index contributed by atoms with van der Waals surface area (Å²) in [5.74, 6) is -1.24. The fourth-order valence-electron chi connectivity index (χ4n) is 3.57. The number of carbonyl (C=O) groups excluding carboxylic acids is 1. The van der Waals surface area contributed by atoms with Gasteiger partial charge in [0.1, 0.15) is 0 Å². The Morgan fingerprint density at radius 2 is 1.12 bits per heavy atom. The third kappa shape index (κ3) is 26.5. The Bertz CT molecular complexity index is 443. The summed E-state index contributed by atoms with van der Waals surface area (Å²) < 4.78 is 4.64. The third-order valence-electron chi connectivity index (χ3n) is 5.67. The summed E-state index contributed by atoms with van der Waals surface area (Å²) in [6, 6.07) is 0. The molecule has 0 saturated carbocycles. The highest BCUT2D eigenvalue weighted by Crippen LogP contribution is 2.14. The number of unbranched alkanes of at least 4 members (excludes halogenated alkanes) is 15. The molecule has 0 aromatic heterocycles. The lowest BCUT2D eigenvalue weighted by Gasteiger charge is -2.06. The molecular weight excluding hydrogens is 400 g/mol. The quantitative estimate of drug-likeness (QED) is 0.0770. The molecular formula is C28H52O4. The van der Waals surface area contributed by atoms with E-state index in [9.17, 15) is 9.59 Å². The maximum absolute atomic E-state index is 11.0. The average Bonchev–Trinajstić information content (AvgIpc) is 2.77. The van der Waals surface area contributed by atoms with E-state index in [0.717, 1.165) is 32.1 Å². The van der Waals surface area contributed by atoms with Crippen LogP contribution in [-0.2, 0) is 14.3 Å². The first-order chi connectivity index (χ1) is 15.5. The number of hydrogen-bond acceptors (Lipinski definition) is 3. The molecule has 188 valence electrons. The molecule has 1 atom stereocenters. The molecule has 0 spiro atoms. The van der Waals surface area contributed by atoms with E-state index in [1.54, 1.807) is 6.08 Å². The van der Waals surface area contributed by atoms with Gasteiger partial charge < -0.3 is 9.84 Å². The minimum absolute atomic E-state index is 0.155. The summed E-state index contributed by atoms with van der Waals surface area (Å²) >= 11 is 0. The van der Waals surface area contributed by atoms with Gasteiger partial charge in [-0.3, -0.25) is 9.59 Å². The second-order valence-corrected chi connectivity index (χ2v) is 8.68. The fraction of sp³-hybridized carbons (Fsp3) is 0.786. The van der Waals surface area contributed by atoms with Gasteiger partial charge in [-0.2, -0.15) is 0 Å². The number of esters is 1. The van der Waals surface area contributed by atoms with Gasteiger partial charge in [0.05, 0.1) is 12.2 Å². The van der Waals surface area contributed by atoms with Gasteiger partial charge in [-0.25, -0.2) is 0 Å². The summed E-state index contributed by atoms with van der Waals surface area (Å²) in [6.07, 6.45) is 25.4. The Balaban J connectivity index is 0. The molecule has 4 heteroatoms. The Kier molecular flexibility index (Phi) is 28.0. The van der Waals surface area contributed by atoms with Crippen LogP contribution in [0.3, 0.4) is 0 Å². The second-order valence-electron chi connectivity index (χ2n) is 8.68. The topological polar surface area (TPSA) is 63.6 Å². The number of carboxylic acid groups (broad SMARTS) is 1. The van der Waals surface area contributed by atoms with Crippen LogP contribution in [-0.4, -0.2) is 17.0 Å². The van der Waals surface area contributed by atoms with Crippen LogP contribution in [0.25, 0.3) is 0 Å². The Morgan fingerprint density at radius 3 is 1.50 bits per heavy atom. The van der Waals surface area contributed by atoms with Crippen LogP contribution < -0.4 is 0 Å². The fourth-order valence-corrected chi connectivity index (χ4v) is 3.57. The molecule has 0 radical (unpaired) electrons. The van der Waals surface area contributed by atoms with Crippen LogP contribution in [0.15, 0.2) is 25.5 Å². The zero-order valence-corrected chi connectivity index (χ0v) is 21.3. The molecule has 0 bridgehead atoms. The number of carboxylic acids is 1. The van der Waals surface area contributed by atoms with E-state index in [-0.39, 0.29) is 11.9 Å². The van der Waals surface area contributed by atoms with Crippen LogP contribution in [0.5, 0.6) is 0 Å². The van der Waals surface area contributed by atoms with Crippen molar-refractivity contribution in [2.75, 3.05) is 0 Å². The van der Waals surface area contributed by atoms with Gasteiger partial charge >= 0.3 is 11.9 Å². The van der Waals surface area contributed by atoms with E-state index in [1.165, 1.54) is 89.7 Å². The van der Waals surface area contributed by atoms with Gasteiger partial charge in [-0.1, -0.05) is 129 Å². The number of hydrogen-bond donors (Lipinski definition) is 1. The summed E-state index contributed by atoms with van der Waals surface area (Å²) in [5.41, 5.74) is 0.